The summed E-state index contributed by atoms with van der Waals surface area (Å²) >= 11 is 0. The molecule has 3 N–H and O–H groups in total. The molecular formula is C15H15N5O. The second-order valence-corrected chi connectivity index (χ2v) is 4.77. The van der Waals surface area contributed by atoms with Crippen molar-refractivity contribution in [1.29, 1.82) is 0 Å². The highest BCUT2D eigenvalue weighted by Crippen LogP contribution is 2.30. The molecule has 0 saturated carbocycles. The van der Waals surface area contributed by atoms with Crippen LogP contribution in [0.3, 0.4) is 0 Å². The summed E-state index contributed by atoms with van der Waals surface area (Å²) < 4.78 is 1.65. The fourth-order valence-corrected chi connectivity index (χ4v) is 2.40. The molecule has 0 radical (unpaired) electrons. The molecule has 0 saturated heterocycles. The van der Waals surface area contributed by atoms with E-state index in [1.165, 1.54) is 6.33 Å². The number of nitrogens with zero attached hydrogens (tertiary/aromatic N) is 3. The van der Waals surface area contributed by atoms with E-state index in [0.29, 0.717) is 17.2 Å². The van der Waals surface area contributed by atoms with Gasteiger partial charge in [0.05, 0.1) is 5.57 Å². The number of benzene rings is 1. The summed E-state index contributed by atoms with van der Waals surface area (Å²) in [6.45, 7) is 1.81. The Morgan fingerprint density at radius 3 is 2.86 bits per heavy atom. The molecule has 2 aromatic rings. The van der Waals surface area contributed by atoms with Crippen LogP contribution in [0.25, 0.3) is 6.08 Å². The summed E-state index contributed by atoms with van der Waals surface area (Å²) in [6, 6.07) is 9.48. The molecule has 6 nitrogen and oxygen atoms in total. The van der Waals surface area contributed by atoms with Crippen LogP contribution in [0.4, 0.5) is 5.95 Å². The molecule has 6 heteroatoms. The van der Waals surface area contributed by atoms with Gasteiger partial charge >= 0.3 is 0 Å². The van der Waals surface area contributed by atoms with Gasteiger partial charge in [0.1, 0.15) is 12.4 Å². The van der Waals surface area contributed by atoms with Gasteiger partial charge in [-0.15, -0.1) is 0 Å². The zero-order valence-electron chi connectivity index (χ0n) is 11.5. The van der Waals surface area contributed by atoms with E-state index in [2.05, 4.69) is 15.4 Å². The Kier molecular flexibility index (Phi) is 3.27. The molecule has 3 rings (SSSR count). The monoisotopic (exact) mass is 281 g/mol. The van der Waals surface area contributed by atoms with Crippen LogP contribution in [0.15, 0.2) is 54.0 Å². The first-order valence-electron chi connectivity index (χ1n) is 6.57. The van der Waals surface area contributed by atoms with Gasteiger partial charge in [-0.25, -0.2) is 4.68 Å². The predicted octanol–water partition coefficient (Wildman–Crippen LogP) is 1.72. The number of nitrogens with two attached hydrogens (primary N) is 1. The van der Waals surface area contributed by atoms with Crippen molar-refractivity contribution in [2.45, 2.75) is 13.0 Å². The molecule has 0 bridgehead atoms. The SMILES string of the molecule is CC1=C(C(N)=O)[C@H](/C=C/c2ccccc2)n2ncnc2N1. The standard InChI is InChI=1S/C15H15N5O/c1-10-13(14(16)21)12(20-15(19-10)17-9-18-20)8-7-11-5-3-2-4-6-11/h2-9,12H,1H3,(H2,16,21)(H,17,18,19)/b8-7+/t12-/m0/s1. The van der Waals surface area contributed by atoms with Crippen LogP contribution in [0.5, 0.6) is 0 Å². The number of fused-ring (bicyclic) bond motifs is 1. The quantitative estimate of drug-likeness (QED) is 0.897. The Labute approximate surface area is 122 Å². The third-order valence-corrected chi connectivity index (χ3v) is 3.37. The molecule has 0 spiro atoms. The molecule has 2 heterocycles. The second kappa shape index (κ2) is 5.24. The van der Waals surface area contributed by atoms with Gasteiger partial charge in [-0.3, -0.25) is 4.79 Å². The molecule has 0 unspecified atom stereocenters. The molecule has 1 atom stereocenters. The highest BCUT2D eigenvalue weighted by atomic mass is 16.1. The van der Waals surface area contributed by atoms with Gasteiger partial charge in [0.15, 0.2) is 0 Å². The molecule has 0 fully saturated rings. The first-order valence-corrected chi connectivity index (χ1v) is 6.57. The summed E-state index contributed by atoms with van der Waals surface area (Å²) in [5, 5.41) is 7.20. The summed E-state index contributed by atoms with van der Waals surface area (Å²) in [5.41, 5.74) is 7.74. The predicted molar refractivity (Wildman–Crippen MR) is 80.1 cm³/mol. The Hall–Kier alpha value is -2.89. The average molecular weight is 281 g/mol. The van der Waals surface area contributed by atoms with Crippen molar-refractivity contribution in [3.8, 4) is 0 Å². The lowest BCUT2D eigenvalue weighted by Gasteiger charge is -2.25. The Morgan fingerprint density at radius 2 is 2.14 bits per heavy atom. The van der Waals surface area contributed by atoms with Gasteiger partial charge in [0, 0.05) is 5.70 Å². The third kappa shape index (κ3) is 2.43. The smallest absolute Gasteiger partial charge is 0.248 e. The molecule has 106 valence electrons. The largest absolute Gasteiger partial charge is 0.366 e. The van der Waals surface area contributed by atoms with Gasteiger partial charge in [0.2, 0.25) is 11.9 Å². The van der Waals surface area contributed by atoms with E-state index in [1.807, 2.05) is 49.4 Å². The minimum absolute atomic E-state index is 0.360. The molecule has 1 aromatic heterocycles. The topological polar surface area (TPSA) is 85.8 Å². The number of amides is 1. The average Bonchev–Trinajstić information content (AvgIpc) is 2.93. The summed E-state index contributed by atoms with van der Waals surface area (Å²) in [7, 11) is 0. The fraction of sp³-hybridized carbons (Fsp3) is 0.133. The van der Waals surface area contributed by atoms with Crippen molar-refractivity contribution in [1.82, 2.24) is 14.8 Å². The maximum atomic E-state index is 11.7. The number of rotatable bonds is 3. The van der Waals surface area contributed by atoms with Crippen LogP contribution < -0.4 is 11.1 Å². The number of carbonyl (C=O) groups excluding carboxylic acids is 1. The minimum atomic E-state index is -0.469. The lowest BCUT2D eigenvalue weighted by Crippen LogP contribution is -2.30. The molecule has 0 aliphatic carbocycles. The third-order valence-electron chi connectivity index (χ3n) is 3.37. The number of primary amides is 1. The zero-order valence-corrected chi connectivity index (χ0v) is 11.5. The lowest BCUT2D eigenvalue weighted by molar-refractivity contribution is -0.115. The highest BCUT2D eigenvalue weighted by molar-refractivity contribution is 5.95. The molecule has 1 aliphatic heterocycles. The van der Waals surface area contributed by atoms with Gasteiger partial charge in [-0.05, 0) is 12.5 Å². The Bertz CT molecular complexity index is 730. The first kappa shape index (κ1) is 13.1. The number of hydrogen-bond donors (Lipinski definition) is 2. The van der Waals surface area contributed by atoms with Crippen LogP contribution in [-0.4, -0.2) is 20.7 Å². The van der Waals surface area contributed by atoms with Crippen LogP contribution in [0.1, 0.15) is 18.5 Å². The van der Waals surface area contributed by atoms with Crippen LogP contribution in [0.2, 0.25) is 0 Å². The highest BCUT2D eigenvalue weighted by Gasteiger charge is 2.28. The first-order chi connectivity index (χ1) is 10.2. The second-order valence-electron chi connectivity index (χ2n) is 4.77. The maximum Gasteiger partial charge on any atom is 0.248 e. The van der Waals surface area contributed by atoms with E-state index in [4.69, 9.17) is 5.73 Å². The van der Waals surface area contributed by atoms with Crippen molar-refractivity contribution in [2.75, 3.05) is 5.32 Å². The van der Waals surface area contributed by atoms with E-state index in [9.17, 15) is 4.79 Å². The van der Waals surface area contributed by atoms with Gasteiger partial charge < -0.3 is 11.1 Å². The Morgan fingerprint density at radius 1 is 1.38 bits per heavy atom. The number of nitrogens with one attached hydrogen (secondary N) is 1. The van der Waals surface area contributed by atoms with Crippen molar-refractivity contribution in [3.05, 3.63) is 59.6 Å². The van der Waals surface area contributed by atoms with Crippen molar-refractivity contribution in [2.24, 2.45) is 5.73 Å². The number of hydrogen-bond acceptors (Lipinski definition) is 4. The van der Waals surface area contributed by atoms with E-state index in [-0.39, 0.29) is 6.04 Å². The number of allylic oxidation sites excluding steroid dienone is 2. The summed E-state index contributed by atoms with van der Waals surface area (Å²) in [4.78, 5) is 15.9. The van der Waals surface area contributed by atoms with Crippen molar-refractivity contribution in [3.63, 3.8) is 0 Å². The summed E-state index contributed by atoms with van der Waals surface area (Å²) in [5.74, 6) is 0.129. The number of anilines is 1. The van der Waals surface area contributed by atoms with Gasteiger partial charge in [0.25, 0.3) is 0 Å². The van der Waals surface area contributed by atoms with Crippen LogP contribution in [-0.2, 0) is 4.79 Å². The molecule has 1 amide bonds. The molecular weight excluding hydrogens is 266 g/mol. The van der Waals surface area contributed by atoms with E-state index >= 15 is 0 Å². The lowest BCUT2D eigenvalue weighted by atomic mass is 10.0. The maximum absolute atomic E-state index is 11.7. The van der Waals surface area contributed by atoms with Crippen molar-refractivity contribution >= 4 is 17.9 Å². The van der Waals surface area contributed by atoms with Crippen LogP contribution in [0, 0.1) is 0 Å². The Balaban J connectivity index is 2.02. The van der Waals surface area contributed by atoms with E-state index in [1.54, 1.807) is 4.68 Å². The van der Waals surface area contributed by atoms with Crippen molar-refractivity contribution < 1.29 is 4.79 Å². The van der Waals surface area contributed by atoms with Gasteiger partial charge in [-0.2, -0.15) is 10.1 Å². The number of carbonyl (C=O) groups is 1. The van der Waals surface area contributed by atoms with Crippen LogP contribution >= 0.6 is 0 Å². The minimum Gasteiger partial charge on any atom is -0.366 e. The molecule has 1 aliphatic rings. The normalized spacial score (nSPS) is 17.7. The van der Waals surface area contributed by atoms with E-state index < -0.39 is 5.91 Å². The zero-order chi connectivity index (χ0) is 14.8. The molecule has 1 aromatic carbocycles. The fourth-order valence-electron chi connectivity index (χ4n) is 2.40. The molecule has 21 heavy (non-hydrogen) atoms. The van der Waals surface area contributed by atoms with E-state index in [0.717, 1.165) is 5.56 Å². The number of aromatic nitrogens is 3. The van der Waals surface area contributed by atoms with Gasteiger partial charge in [-0.1, -0.05) is 42.5 Å². The summed E-state index contributed by atoms with van der Waals surface area (Å²) in [6.07, 6.45) is 5.29.